The fraction of sp³-hybridized carbons (Fsp3) is 0.700. The minimum atomic E-state index is 0.210. The van der Waals surface area contributed by atoms with Crippen LogP contribution in [0.1, 0.15) is 19.6 Å². The Bertz CT molecular complexity index is 441. The Morgan fingerprint density at radius 3 is 2.60 bits per heavy atom. The number of nitrogens with zero attached hydrogens (tertiary/aromatic N) is 1. The number of hydrogen-bond acceptors (Lipinski definition) is 3. The summed E-state index contributed by atoms with van der Waals surface area (Å²) in [6.07, 6.45) is 2.88. The zero-order valence-corrected chi connectivity index (χ0v) is 11.0. The Labute approximate surface area is 102 Å². The smallest absolute Gasteiger partial charge is 0.268 e. The summed E-state index contributed by atoms with van der Waals surface area (Å²) < 4.78 is 7.34. The van der Waals surface area contributed by atoms with Crippen LogP contribution in [-0.4, -0.2) is 17.6 Å². The van der Waals surface area contributed by atoms with Crippen molar-refractivity contribution >= 4 is 32.1 Å². The van der Waals surface area contributed by atoms with E-state index < -0.39 is 0 Å². The van der Waals surface area contributed by atoms with E-state index in [0.29, 0.717) is 4.84 Å². The average molecular weight is 240 g/mol. The van der Waals surface area contributed by atoms with E-state index in [1.54, 1.807) is 0 Å². The van der Waals surface area contributed by atoms with Crippen molar-refractivity contribution in [3.63, 3.8) is 0 Å². The van der Waals surface area contributed by atoms with Gasteiger partial charge in [0.2, 0.25) is 0 Å². The number of aromatic nitrogens is 1. The van der Waals surface area contributed by atoms with E-state index in [9.17, 15) is 0 Å². The molecule has 1 fully saturated rings. The summed E-state index contributed by atoms with van der Waals surface area (Å²) in [5.74, 6) is 1.85. The lowest BCUT2D eigenvalue weighted by Gasteiger charge is -2.16. The molecule has 2 heterocycles. The van der Waals surface area contributed by atoms with E-state index >= 15 is 0 Å². The van der Waals surface area contributed by atoms with E-state index in [4.69, 9.17) is 16.6 Å². The molecule has 2 rings (SSSR count). The second-order valence-corrected chi connectivity index (χ2v) is 5.55. The minimum Gasteiger partial charge on any atom is -0.435 e. The molecule has 0 bridgehead atoms. The molecule has 81 valence electrons. The monoisotopic (exact) mass is 240 g/mol. The van der Waals surface area contributed by atoms with Crippen LogP contribution in [0.4, 0.5) is 0 Å². The fourth-order valence-electron chi connectivity index (χ4n) is 2.07. The van der Waals surface area contributed by atoms with Gasteiger partial charge in [0.15, 0.2) is 0 Å². The van der Waals surface area contributed by atoms with Gasteiger partial charge in [0.05, 0.1) is 0 Å². The number of rotatable bonds is 3. The summed E-state index contributed by atoms with van der Waals surface area (Å²) in [7, 11) is 4.25. The number of hydrogen-bond donors (Lipinski definition) is 1. The molecule has 0 saturated carbocycles. The molecule has 1 aliphatic heterocycles. The summed E-state index contributed by atoms with van der Waals surface area (Å²) >= 11 is 9.42. The summed E-state index contributed by atoms with van der Waals surface area (Å²) in [4.78, 5) is 0.543. The van der Waals surface area contributed by atoms with E-state index in [0.717, 1.165) is 17.9 Å². The van der Waals surface area contributed by atoms with Gasteiger partial charge in [-0.2, -0.15) is 12.6 Å². The van der Waals surface area contributed by atoms with Crippen LogP contribution in [0.3, 0.4) is 0 Å². The van der Waals surface area contributed by atoms with Gasteiger partial charge in [0.1, 0.15) is 13.0 Å². The van der Waals surface area contributed by atoms with E-state index in [-0.39, 0.29) is 10.6 Å². The maximum atomic E-state index is 5.50. The largest absolute Gasteiger partial charge is 0.435 e. The summed E-state index contributed by atoms with van der Waals surface area (Å²) in [5.41, 5.74) is 0. The molecular weight excluding hydrogens is 225 g/mol. The first-order valence-corrected chi connectivity index (χ1v) is 6.08. The summed E-state index contributed by atoms with van der Waals surface area (Å²) in [5, 5.41) is 0.449. The molecule has 1 radical (unpaired) electrons. The lowest BCUT2D eigenvalue weighted by molar-refractivity contribution is 0.448. The molecule has 0 amide bonds. The zero-order chi connectivity index (χ0) is 11.3. The van der Waals surface area contributed by atoms with Crippen molar-refractivity contribution in [3.05, 3.63) is 16.8 Å². The third kappa shape index (κ3) is 1.80. The second kappa shape index (κ2) is 3.42. The lowest BCUT2D eigenvalue weighted by atomic mass is 9.86. The Kier molecular flexibility index (Phi) is 2.58. The van der Waals surface area contributed by atoms with Gasteiger partial charge in [-0.3, -0.25) is 0 Å². The summed E-state index contributed by atoms with van der Waals surface area (Å²) in [6.45, 7) is 4.48. The van der Waals surface area contributed by atoms with Crippen LogP contribution in [-0.2, 0) is 13.5 Å². The van der Waals surface area contributed by atoms with E-state index in [2.05, 4.69) is 33.8 Å². The van der Waals surface area contributed by atoms with Crippen LogP contribution in [0.2, 0.25) is 10.6 Å². The van der Waals surface area contributed by atoms with Gasteiger partial charge in [0.25, 0.3) is 4.84 Å². The minimum absolute atomic E-state index is 0.210. The quantitative estimate of drug-likeness (QED) is 0.497. The fourth-order valence-corrected chi connectivity index (χ4v) is 2.68. The zero-order valence-electron chi connectivity index (χ0n) is 9.28. The molecule has 1 saturated heterocycles. The first kappa shape index (κ1) is 11.3. The number of aryl methyl sites for hydroxylation is 1. The third-order valence-corrected chi connectivity index (χ3v) is 4.60. The Morgan fingerprint density at radius 2 is 2.20 bits per heavy atom. The highest BCUT2D eigenvalue weighted by molar-refractivity contribution is 7.80. The number of oxazole rings is 1. The maximum absolute atomic E-state index is 5.50. The molecule has 5 heteroatoms. The second-order valence-electron chi connectivity index (χ2n) is 4.89. The van der Waals surface area contributed by atoms with E-state index in [1.807, 2.05) is 17.8 Å². The highest BCUT2D eigenvalue weighted by Crippen LogP contribution is 2.70. The predicted octanol–water partition coefficient (Wildman–Crippen LogP) is 2.89. The average Bonchev–Trinajstić information content (AvgIpc) is 2.53. The van der Waals surface area contributed by atoms with Crippen LogP contribution in [0.25, 0.3) is 0 Å². The SMILES string of the molecule is Cn1cc(CC2(C)[B]C2(C)CS)oc1=S. The van der Waals surface area contributed by atoms with Crippen LogP contribution >= 0.6 is 24.8 Å². The first-order valence-electron chi connectivity index (χ1n) is 5.03. The van der Waals surface area contributed by atoms with Crippen LogP contribution in [0.5, 0.6) is 0 Å². The topological polar surface area (TPSA) is 18.1 Å². The molecule has 1 aromatic heterocycles. The maximum Gasteiger partial charge on any atom is 0.268 e. The molecule has 15 heavy (non-hydrogen) atoms. The summed E-state index contributed by atoms with van der Waals surface area (Å²) in [6, 6.07) is 0. The Balaban J connectivity index is 2.14. The van der Waals surface area contributed by atoms with Crippen molar-refractivity contribution in [1.29, 1.82) is 0 Å². The molecule has 2 unspecified atom stereocenters. The van der Waals surface area contributed by atoms with Gasteiger partial charge in [0, 0.05) is 19.7 Å². The Morgan fingerprint density at radius 1 is 1.53 bits per heavy atom. The van der Waals surface area contributed by atoms with Crippen molar-refractivity contribution in [3.8, 4) is 0 Å². The lowest BCUT2D eigenvalue weighted by Crippen LogP contribution is -2.00. The molecule has 2 nitrogen and oxygen atoms in total. The third-order valence-electron chi connectivity index (χ3n) is 3.57. The van der Waals surface area contributed by atoms with Crippen LogP contribution in [0.15, 0.2) is 10.6 Å². The molecule has 0 spiro atoms. The van der Waals surface area contributed by atoms with Gasteiger partial charge in [-0.15, -0.1) is 0 Å². The van der Waals surface area contributed by atoms with Crippen molar-refractivity contribution in [2.24, 2.45) is 7.05 Å². The molecule has 0 aliphatic carbocycles. The van der Waals surface area contributed by atoms with Gasteiger partial charge in [-0.1, -0.05) is 24.5 Å². The van der Waals surface area contributed by atoms with Crippen molar-refractivity contribution in [1.82, 2.24) is 4.57 Å². The highest BCUT2D eigenvalue weighted by Gasteiger charge is 2.60. The van der Waals surface area contributed by atoms with Crippen molar-refractivity contribution in [2.75, 3.05) is 5.75 Å². The van der Waals surface area contributed by atoms with Crippen molar-refractivity contribution in [2.45, 2.75) is 30.9 Å². The first-order chi connectivity index (χ1) is 6.90. The highest BCUT2D eigenvalue weighted by atomic mass is 32.1. The number of thiol groups is 1. The standard InChI is InChI=1S/C10H15BNOS2/c1-9(10(2,6-14)11-9)4-7-5-12(3)8(15)13-7/h5,14H,4,6H2,1-3H3. The molecular formula is C10H15BNOS2. The molecule has 1 aromatic rings. The van der Waals surface area contributed by atoms with Gasteiger partial charge >= 0.3 is 0 Å². The normalized spacial score (nSPS) is 33.9. The van der Waals surface area contributed by atoms with Gasteiger partial charge in [-0.05, 0) is 18.0 Å². The van der Waals surface area contributed by atoms with Gasteiger partial charge < -0.3 is 8.98 Å². The molecule has 1 aliphatic rings. The van der Waals surface area contributed by atoms with E-state index in [1.165, 1.54) is 0 Å². The van der Waals surface area contributed by atoms with Crippen LogP contribution < -0.4 is 0 Å². The molecule has 2 atom stereocenters. The molecule has 0 aromatic carbocycles. The van der Waals surface area contributed by atoms with Crippen LogP contribution in [0, 0.1) is 4.84 Å². The van der Waals surface area contributed by atoms with Gasteiger partial charge in [-0.25, -0.2) is 0 Å². The van der Waals surface area contributed by atoms with Crippen molar-refractivity contribution < 1.29 is 4.42 Å². The molecule has 0 N–H and O–H groups in total. The predicted molar refractivity (Wildman–Crippen MR) is 68.6 cm³/mol. The Hall–Kier alpha value is -0.155.